The van der Waals surface area contributed by atoms with E-state index in [9.17, 15) is 0 Å². The lowest BCUT2D eigenvalue weighted by molar-refractivity contribution is 0.626. The van der Waals surface area contributed by atoms with E-state index in [0.717, 1.165) is 13.0 Å². The molecule has 0 fully saturated rings. The first-order chi connectivity index (χ1) is 7.74. The van der Waals surface area contributed by atoms with E-state index in [4.69, 9.17) is 5.26 Å². The summed E-state index contributed by atoms with van der Waals surface area (Å²) < 4.78 is 0. The van der Waals surface area contributed by atoms with Gasteiger partial charge in [0.25, 0.3) is 0 Å². The second kappa shape index (κ2) is 4.44. The highest BCUT2D eigenvalue weighted by Gasteiger charge is 2.22. The van der Waals surface area contributed by atoms with E-state index in [1.54, 1.807) is 0 Å². The molecular weight excluding hydrogens is 198 g/mol. The standard InChI is InChI=1S/C13H17N3/c1-11-7-9-15(2)12-5-3-4-6-13(12)16(11)10-8-14/h3-6,11H,7,9-10H2,1-2H3/t11-/m1/s1. The van der Waals surface area contributed by atoms with Gasteiger partial charge in [0, 0.05) is 19.6 Å². The minimum absolute atomic E-state index is 0.422. The van der Waals surface area contributed by atoms with Crippen LogP contribution in [-0.2, 0) is 0 Å². The molecule has 0 aliphatic carbocycles. The molecule has 3 heteroatoms. The summed E-state index contributed by atoms with van der Waals surface area (Å²) in [5.74, 6) is 0. The minimum Gasteiger partial charge on any atom is -0.373 e. The van der Waals surface area contributed by atoms with Gasteiger partial charge >= 0.3 is 0 Å². The molecule has 16 heavy (non-hydrogen) atoms. The molecule has 0 unspecified atom stereocenters. The largest absolute Gasteiger partial charge is 0.373 e. The van der Waals surface area contributed by atoms with Crippen molar-refractivity contribution in [1.82, 2.24) is 0 Å². The van der Waals surface area contributed by atoms with E-state index in [0.29, 0.717) is 12.6 Å². The Morgan fingerprint density at radius 1 is 1.38 bits per heavy atom. The van der Waals surface area contributed by atoms with Crippen LogP contribution in [0.4, 0.5) is 11.4 Å². The summed E-state index contributed by atoms with van der Waals surface area (Å²) in [6.45, 7) is 3.69. The number of benzene rings is 1. The van der Waals surface area contributed by atoms with Gasteiger partial charge in [-0.2, -0.15) is 5.26 Å². The molecule has 1 aliphatic rings. The Morgan fingerprint density at radius 2 is 2.06 bits per heavy atom. The van der Waals surface area contributed by atoms with Crippen LogP contribution in [0.1, 0.15) is 13.3 Å². The summed E-state index contributed by atoms with van der Waals surface area (Å²) in [5, 5.41) is 8.91. The first-order valence-electron chi connectivity index (χ1n) is 5.68. The van der Waals surface area contributed by atoms with Crippen molar-refractivity contribution in [3.05, 3.63) is 24.3 Å². The molecule has 3 nitrogen and oxygen atoms in total. The first kappa shape index (κ1) is 10.8. The summed E-state index contributed by atoms with van der Waals surface area (Å²) in [5.41, 5.74) is 2.40. The number of rotatable bonds is 1. The molecule has 2 rings (SSSR count). The zero-order valence-corrected chi connectivity index (χ0v) is 9.85. The van der Waals surface area contributed by atoms with Crippen LogP contribution < -0.4 is 9.80 Å². The normalized spacial score (nSPS) is 19.9. The lowest BCUT2D eigenvalue weighted by Crippen LogP contribution is -2.33. The molecular formula is C13H17N3. The van der Waals surface area contributed by atoms with Crippen molar-refractivity contribution in [3.8, 4) is 6.07 Å². The van der Waals surface area contributed by atoms with E-state index in [-0.39, 0.29) is 0 Å². The van der Waals surface area contributed by atoms with Gasteiger partial charge in [-0.15, -0.1) is 0 Å². The van der Waals surface area contributed by atoms with E-state index < -0.39 is 0 Å². The van der Waals surface area contributed by atoms with Crippen LogP contribution in [0.2, 0.25) is 0 Å². The van der Waals surface area contributed by atoms with Gasteiger partial charge in [-0.3, -0.25) is 0 Å². The van der Waals surface area contributed by atoms with Gasteiger partial charge in [0.15, 0.2) is 0 Å². The third kappa shape index (κ3) is 1.83. The monoisotopic (exact) mass is 215 g/mol. The number of hydrogen-bond donors (Lipinski definition) is 0. The maximum atomic E-state index is 8.91. The fourth-order valence-electron chi connectivity index (χ4n) is 2.24. The fraction of sp³-hybridized carbons (Fsp3) is 0.462. The van der Waals surface area contributed by atoms with Crippen LogP contribution in [-0.4, -0.2) is 26.2 Å². The van der Waals surface area contributed by atoms with E-state index in [1.807, 2.05) is 6.07 Å². The van der Waals surface area contributed by atoms with Crippen molar-refractivity contribution in [1.29, 1.82) is 5.26 Å². The maximum Gasteiger partial charge on any atom is 0.106 e. The van der Waals surface area contributed by atoms with Crippen molar-refractivity contribution < 1.29 is 0 Å². The van der Waals surface area contributed by atoms with Crippen LogP contribution in [0.5, 0.6) is 0 Å². The van der Waals surface area contributed by atoms with Crippen molar-refractivity contribution >= 4 is 11.4 Å². The van der Waals surface area contributed by atoms with Crippen LogP contribution in [0.3, 0.4) is 0 Å². The van der Waals surface area contributed by atoms with E-state index in [1.165, 1.54) is 11.4 Å². The molecule has 0 bridgehead atoms. The number of para-hydroxylation sites is 2. The molecule has 0 saturated heterocycles. The molecule has 1 aromatic carbocycles. The van der Waals surface area contributed by atoms with Crippen LogP contribution in [0, 0.1) is 11.3 Å². The molecule has 0 N–H and O–H groups in total. The molecule has 84 valence electrons. The second-order valence-electron chi connectivity index (χ2n) is 4.33. The number of fused-ring (bicyclic) bond motifs is 1. The second-order valence-corrected chi connectivity index (χ2v) is 4.33. The Labute approximate surface area is 96.9 Å². The predicted octanol–water partition coefficient (Wildman–Crippen LogP) is 2.24. The van der Waals surface area contributed by atoms with Crippen molar-refractivity contribution in [3.63, 3.8) is 0 Å². The Balaban J connectivity index is 2.45. The lowest BCUT2D eigenvalue weighted by atomic mass is 10.2. The fourth-order valence-corrected chi connectivity index (χ4v) is 2.24. The minimum atomic E-state index is 0.422. The number of nitriles is 1. The average molecular weight is 215 g/mol. The third-order valence-electron chi connectivity index (χ3n) is 3.26. The van der Waals surface area contributed by atoms with Gasteiger partial charge in [-0.05, 0) is 25.5 Å². The number of hydrogen-bond acceptors (Lipinski definition) is 3. The Bertz CT molecular complexity index is 408. The quantitative estimate of drug-likeness (QED) is 0.673. The molecule has 0 saturated carbocycles. The Kier molecular flexibility index (Phi) is 3.00. The van der Waals surface area contributed by atoms with Gasteiger partial charge in [0.1, 0.15) is 6.54 Å². The summed E-state index contributed by atoms with van der Waals surface area (Å²) >= 11 is 0. The smallest absolute Gasteiger partial charge is 0.106 e. The van der Waals surface area contributed by atoms with Crippen LogP contribution in [0.25, 0.3) is 0 Å². The third-order valence-corrected chi connectivity index (χ3v) is 3.26. The van der Waals surface area contributed by atoms with Gasteiger partial charge in [0.05, 0.1) is 17.4 Å². The Hall–Kier alpha value is -1.69. The molecule has 0 aromatic heterocycles. The van der Waals surface area contributed by atoms with Crippen molar-refractivity contribution in [2.75, 3.05) is 29.9 Å². The first-order valence-corrected chi connectivity index (χ1v) is 5.68. The summed E-state index contributed by atoms with van der Waals surface area (Å²) in [6, 6.07) is 11.0. The van der Waals surface area contributed by atoms with Gasteiger partial charge < -0.3 is 9.80 Å². The molecule has 1 aromatic rings. The van der Waals surface area contributed by atoms with Gasteiger partial charge in [-0.1, -0.05) is 12.1 Å². The molecule has 0 amide bonds. The predicted molar refractivity (Wildman–Crippen MR) is 66.8 cm³/mol. The molecule has 1 atom stereocenters. The van der Waals surface area contributed by atoms with E-state index >= 15 is 0 Å². The van der Waals surface area contributed by atoms with Crippen LogP contribution >= 0.6 is 0 Å². The van der Waals surface area contributed by atoms with Crippen molar-refractivity contribution in [2.24, 2.45) is 0 Å². The summed E-state index contributed by atoms with van der Waals surface area (Å²) in [6.07, 6.45) is 1.09. The van der Waals surface area contributed by atoms with E-state index in [2.05, 4.69) is 48.0 Å². The zero-order valence-electron chi connectivity index (χ0n) is 9.85. The molecule has 1 aliphatic heterocycles. The molecule has 0 radical (unpaired) electrons. The highest BCUT2D eigenvalue weighted by atomic mass is 15.2. The summed E-state index contributed by atoms with van der Waals surface area (Å²) in [7, 11) is 2.11. The Morgan fingerprint density at radius 3 is 2.75 bits per heavy atom. The summed E-state index contributed by atoms with van der Waals surface area (Å²) in [4.78, 5) is 4.46. The van der Waals surface area contributed by atoms with Crippen LogP contribution in [0.15, 0.2) is 24.3 Å². The van der Waals surface area contributed by atoms with Gasteiger partial charge in [-0.25, -0.2) is 0 Å². The number of anilines is 2. The topological polar surface area (TPSA) is 30.3 Å². The average Bonchev–Trinajstić information content (AvgIpc) is 2.42. The molecule has 0 spiro atoms. The molecule has 1 heterocycles. The maximum absolute atomic E-state index is 8.91. The van der Waals surface area contributed by atoms with Gasteiger partial charge in [0.2, 0.25) is 0 Å². The zero-order chi connectivity index (χ0) is 11.5. The van der Waals surface area contributed by atoms with Crippen molar-refractivity contribution in [2.45, 2.75) is 19.4 Å². The number of nitrogens with zero attached hydrogens (tertiary/aromatic N) is 3. The highest BCUT2D eigenvalue weighted by molar-refractivity contribution is 5.72. The highest BCUT2D eigenvalue weighted by Crippen LogP contribution is 2.33. The lowest BCUT2D eigenvalue weighted by Gasteiger charge is -2.27. The SMILES string of the molecule is C[C@@H]1CCN(C)c2ccccc2N1CC#N.